The number of halogens is 2. The Kier molecular flexibility index (Phi) is 3.08. The Morgan fingerprint density at radius 1 is 1.64 bits per heavy atom. The van der Waals surface area contributed by atoms with Crippen LogP contribution in [0.15, 0.2) is 10.5 Å². The van der Waals surface area contributed by atoms with Crippen molar-refractivity contribution in [1.29, 1.82) is 0 Å². The van der Waals surface area contributed by atoms with E-state index in [1.807, 2.05) is 6.92 Å². The highest BCUT2D eigenvalue weighted by Crippen LogP contribution is 2.20. The van der Waals surface area contributed by atoms with Gasteiger partial charge in [-0.1, -0.05) is 11.6 Å². The summed E-state index contributed by atoms with van der Waals surface area (Å²) in [4.78, 5) is 0. The van der Waals surface area contributed by atoms with E-state index in [1.54, 1.807) is 6.07 Å². The molecule has 0 bridgehead atoms. The number of nitrogens with one attached hydrogen (secondary N) is 1. The van der Waals surface area contributed by atoms with Crippen molar-refractivity contribution >= 4 is 33.3 Å². The molecule has 0 aliphatic rings. The normalized spacial score (nSPS) is 9.73. The van der Waals surface area contributed by atoms with Crippen molar-refractivity contribution in [1.82, 2.24) is 10.2 Å². The molecule has 1 aromatic heterocycles. The van der Waals surface area contributed by atoms with Gasteiger partial charge in [-0.15, -0.1) is 10.2 Å². The molecule has 11 heavy (non-hydrogen) atoms. The van der Waals surface area contributed by atoms with Gasteiger partial charge < -0.3 is 5.32 Å². The van der Waals surface area contributed by atoms with Crippen LogP contribution in [0.3, 0.4) is 0 Å². The Morgan fingerprint density at radius 3 is 2.91 bits per heavy atom. The Balaban J connectivity index is 2.90. The summed E-state index contributed by atoms with van der Waals surface area (Å²) in [6.07, 6.45) is 0. The van der Waals surface area contributed by atoms with Crippen LogP contribution in [0.1, 0.15) is 6.92 Å². The fraction of sp³-hybridized carbons (Fsp3) is 0.333. The van der Waals surface area contributed by atoms with E-state index in [2.05, 4.69) is 31.4 Å². The first-order valence-electron chi connectivity index (χ1n) is 3.16. The summed E-state index contributed by atoms with van der Waals surface area (Å²) in [5.74, 6) is 0.719. The molecule has 0 aliphatic heterocycles. The lowest BCUT2D eigenvalue weighted by Gasteiger charge is -2.02. The molecule has 0 radical (unpaired) electrons. The molecule has 3 nitrogen and oxygen atoms in total. The summed E-state index contributed by atoms with van der Waals surface area (Å²) in [6.45, 7) is 2.80. The monoisotopic (exact) mass is 235 g/mol. The van der Waals surface area contributed by atoms with E-state index in [-0.39, 0.29) is 0 Å². The highest BCUT2D eigenvalue weighted by Gasteiger charge is 2.00. The molecule has 0 aliphatic carbocycles. The molecule has 0 saturated carbocycles. The van der Waals surface area contributed by atoms with Crippen LogP contribution in [0.4, 0.5) is 5.82 Å². The molecular formula is C6H7BrClN3. The number of rotatable bonds is 2. The van der Waals surface area contributed by atoms with Crippen LogP contribution in [-0.4, -0.2) is 16.7 Å². The molecule has 0 spiro atoms. The molecule has 0 unspecified atom stereocenters. The maximum absolute atomic E-state index is 5.59. The van der Waals surface area contributed by atoms with Crippen LogP contribution >= 0.6 is 27.5 Å². The summed E-state index contributed by atoms with van der Waals surface area (Å²) < 4.78 is 0.833. The number of hydrogen-bond acceptors (Lipinski definition) is 3. The summed E-state index contributed by atoms with van der Waals surface area (Å²) in [6, 6.07) is 1.70. The zero-order valence-corrected chi connectivity index (χ0v) is 8.28. The van der Waals surface area contributed by atoms with Gasteiger partial charge in [-0.3, -0.25) is 0 Å². The smallest absolute Gasteiger partial charge is 0.163 e. The standard InChI is InChI=1S/C6H7BrClN3/c1-2-9-6-4(7)3-5(8)10-11-6/h3H,2H2,1H3,(H,9,11). The number of hydrogen-bond donors (Lipinski definition) is 1. The van der Waals surface area contributed by atoms with Gasteiger partial charge >= 0.3 is 0 Å². The van der Waals surface area contributed by atoms with Crippen molar-refractivity contribution < 1.29 is 0 Å². The number of nitrogens with zero attached hydrogens (tertiary/aromatic N) is 2. The van der Waals surface area contributed by atoms with Crippen LogP contribution in [0.5, 0.6) is 0 Å². The third kappa shape index (κ3) is 2.31. The molecule has 0 saturated heterocycles. The van der Waals surface area contributed by atoms with E-state index in [4.69, 9.17) is 11.6 Å². The quantitative estimate of drug-likeness (QED) is 0.856. The minimum absolute atomic E-state index is 0.388. The maximum atomic E-state index is 5.59. The van der Waals surface area contributed by atoms with Gasteiger partial charge in [0.15, 0.2) is 11.0 Å². The molecule has 0 aromatic carbocycles. The van der Waals surface area contributed by atoms with Gasteiger partial charge in [-0.05, 0) is 28.9 Å². The van der Waals surface area contributed by atoms with Crippen molar-refractivity contribution in [3.05, 3.63) is 15.7 Å². The zero-order chi connectivity index (χ0) is 8.27. The summed E-state index contributed by atoms with van der Waals surface area (Å²) >= 11 is 8.88. The van der Waals surface area contributed by atoms with E-state index in [0.717, 1.165) is 16.8 Å². The summed E-state index contributed by atoms with van der Waals surface area (Å²) in [5.41, 5.74) is 0. The van der Waals surface area contributed by atoms with Crippen LogP contribution in [0, 0.1) is 0 Å². The van der Waals surface area contributed by atoms with Crippen molar-refractivity contribution in [2.24, 2.45) is 0 Å². The predicted octanol–water partition coefficient (Wildman–Crippen LogP) is 2.32. The second kappa shape index (κ2) is 3.88. The predicted molar refractivity (Wildman–Crippen MR) is 48.9 cm³/mol. The van der Waals surface area contributed by atoms with Crippen LogP contribution in [0.25, 0.3) is 0 Å². The lowest BCUT2D eigenvalue weighted by molar-refractivity contribution is 1.00. The SMILES string of the molecule is CCNc1nnc(Cl)cc1Br. The van der Waals surface area contributed by atoms with E-state index in [1.165, 1.54) is 0 Å². The van der Waals surface area contributed by atoms with E-state index in [0.29, 0.717) is 5.15 Å². The first kappa shape index (κ1) is 8.74. The first-order valence-corrected chi connectivity index (χ1v) is 4.33. The second-order valence-corrected chi connectivity index (χ2v) is 3.14. The number of anilines is 1. The molecule has 60 valence electrons. The fourth-order valence-corrected chi connectivity index (χ4v) is 1.35. The molecule has 1 N–H and O–H groups in total. The summed E-state index contributed by atoms with van der Waals surface area (Å²) in [7, 11) is 0. The molecule has 1 rings (SSSR count). The van der Waals surface area contributed by atoms with Gasteiger partial charge in [0.2, 0.25) is 0 Å². The summed E-state index contributed by atoms with van der Waals surface area (Å²) in [5, 5.41) is 10.9. The van der Waals surface area contributed by atoms with Gasteiger partial charge in [0.1, 0.15) is 0 Å². The second-order valence-electron chi connectivity index (χ2n) is 1.89. The highest BCUT2D eigenvalue weighted by atomic mass is 79.9. The average Bonchev–Trinajstić information content (AvgIpc) is 1.95. The first-order chi connectivity index (χ1) is 5.24. The lowest BCUT2D eigenvalue weighted by Crippen LogP contribution is -2.01. The topological polar surface area (TPSA) is 37.8 Å². The third-order valence-electron chi connectivity index (χ3n) is 1.06. The Labute approximate surface area is 78.3 Å². The molecule has 0 fully saturated rings. The Bertz CT molecular complexity index is 254. The minimum atomic E-state index is 0.388. The highest BCUT2D eigenvalue weighted by molar-refractivity contribution is 9.10. The molecular weight excluding hydrogens is 229 g/mol. The van der Waals surface area contributed by atoms with Gasteiger partial charge in [0, 0.05) is 6.54 Å². The zero-order valence-electron chi connectivity index (χ0n) is 5.93. The molecule has 1 heterocycles. The molecule has 0 atom stereocenters. The fourth-order valence-electron chi connectivity index (χ4n) is 0.635. The van der Waals surface area contributed by atoms with Gasteiger partial charge in [0.05, 0.1) is 4.47 Å². The number of aromatic nitrogens is 2. The minimum Gasteiger partial charge on any atom is -0.368 e. The van der Waals surface area contributed by atoms with Crippen molar-refractivity contribution in [2.45, 2.75) is 6.92 Å². The van der Waals surface area contributed by atoms with Crippen molar-refractivity contribution in [3.63, 3.8) is 0 Å². The van der Waals surface area contributed by atoms with Crippen LogP contribution in [-0.2, 0) is 0 Å². The van der Waals surface area contributed by atoms with Crippen molar-refractivity contribution in [3.8, 4) is 0 Å². The van der Waals surface area contributed by atoms with E-state index in [9.17, 15) is 0 Å². The third-order valence-corrected chi connectivity index (χ3v) is 1.85. The molecule has 0 amide bonds. The van der Waals surface area contributed by atoms with E-state index >= 15 is 0 Å². The molecule has 5 heteroatoms. The maximum Gasteiger partial charge on any atom is 0.163 e. The largest absolute Gasteiger partial charge is 0.368 e. The van der Waals surface area contributed by atoms with Gasteiger partial charge in [-0.25, -0.2) is 0 Å². The van der Waals surface area contributed by atoms with Gasteiger partial charge in [-0.2, -0.15) is 0 Å². The van der Waals surface area contributed by atoms with Crippen LogP contribution in [0.2, 0.25) is 5.15 Å². The Hall–Kier alpha value is -0.350. The van der Waals surface area contributed by atoms with E-state index < -0.39 is 0 Å². The Morgan fingerprint density at radius 2 is 2.36 bits per heavy atom. The van der Waals surface area contributed by atoms with Gasteiger partial charge in [0.25, 0.3) is 0 Å². The lowest BCUT2D eigenvalue weighted by atomic mass is 10.5. The molecule has 1 aromatic rings. The van der Waals surface area contributed by atoms with Crippen molar-refractivity contribution in [2.75, 3.05) is 11.9 Å². The van der Waals surface area contributed by atoms with Crippen LogP contribution < -0.4 is 5.32 Å². The average molecular weight is 236 g/mol.